The van der Waals surface area contributed by atoms with Gasteiger partial charge in [-0.25, -0.2) is 0 Å². The summed E-state index contributed by atoms with van der Waals surface area (Å²) in [6, 6.07) is 5.41. The SMILES string of the molecule is CCCNc1cccc(N(C)CCN(C)C)c1[N+](=O)[O-]. The van der Waals surface area contributed by atoms with Gasteiger partial charge in [-0.3, -0.25) is 10.1 Å². The Morgan fingerprint density at radius 2 is 1.95 bits per heavy atom. The van der Waals surface area contributed by atoms with Crippen LogP contribution in [0.15, 0.2) is 18.2 Å². The minimum Gasteiger partial charge on any atom is -0.379 e. The lowest BCUT2D eigenvalue weighted by Gasteiger charge is -2.22. The molecule has 0 amide bonds. The predicted octanol–water partition coefficient (Wildman–Crippen LogP) is 2.41. The smallest absolute Gasteiger partial charge is 0.315 e. The van der Waals surface area contributed by atoms with E-state index in [-0.39, 0.29) is 10.6 Å². The number of nitrogens with one attached hydrogen (secondary N) is 1. The molecule has 0 heterocycles. The van der Waals surface area contributed by atoms with Crippen molar-refractivity contribution in [3.63, 3.8) is 0 Å². The summed E-state index contributed by atoms with van der Waals surface area (Å²) in [5.41, 5.74) is 1.39. The van der Waals surface area contributed by atoms with Crippen LogP contribution in [0, 0.1) is 10.1 Å². The zero-order chi connectivity index (χ0) is 15.1. The summed E-state index contributed by atoms with van der Waals surface area (Å²) in [5.74, 6) is 0. The highest BCUT2D eigenvalue weighted by Gasteiger charge is 2.21. The van der Waals surface area contributed by atoms with Gasteiger partial charge in [0.1, 0.15) is 11.4 Å². The third-order valence-electron chi connectivity index (χ3n) is 3.06. The third-order valence-corrected chi connectivity index (χ3v) is 3.06. The molecule has 6 heteroatoms. The molecule has 0 spiro atoms. The van der Waals surface area contributed by atoms with Gasteiger partial charge in [-0.1, -0.05) is 13.0 Å². The number of nitro benzene ring substituents is 1. The molecule has 0 radical (unpaired) electrons. The van der Waals surface area contributed by atoms with Gasteiger partial charge in [-0.2, -0.15) is 0 Å². The van der Waals surface area contributed by atoms with Crippen LogP contribution in [0.25, 0.3) is 0 Å². The number of likely N-dealkylation sites (N-methyl/N-ethyl adjacent to an activating group) is 2. The van der Waals surface area contributed by atoms with E-state index >= 15 is 0 Å². The van der Waals surface area contributed by atoms with Crippen molar-refractivity contribution in [3.05, 3.63) is 28.3 Å². The lowest BCUT2D eigenvalue weighted by Crippen LogP contribution is -2.29. The Kier molecular flexibility index (Phi) is 6.24. The van der Waals surface area contributed by atoms with Gasteiger partial charge >= 0.3 is 5.69 Å². The van der Waals surface area contributed by atoms with Crippen LogP contribution in [-0.2, 0) is 0 Å². The summed E-state index contributed by atoms with van der Waals surface area (Å²) in [6.07, 6.45) is 0.928. The van der Waals surface area contributed by atoms with E-state index in [1.807, 2.05) is 39.0 Å². The summed E-state index contributed by atoms with van der Waals surface area (Å²) in [4.78, 5) is 15.1. The average Bonchev–Trinajstić information content (AvgIpc) is 2.41. The van der Waals surface area contributed by atoms with Crippen molar-refractivity contribution in [2.75, 3.05) is 51.0 Å². The van der Waals surface area contributed by atoms with Crippen LogP contribution in [0.4, 0.5) is 17.1 Å². The summed E-state index contributed by atoms with van der Waals surface area (Å²) in [5, 5.41) is 14.5. The Morgan fingerprint density at radius 1 is 1.25 bits per heavy atom. The average molecular weight is 280 g/mol. The van der Waals surface area contributed by atoms with Crippen molar-refractivity contribution in [2.45, 2.75) is 13.3 Å². The number of anilines is 2. The monoisotopic (exact) mass is 280 g/mol. The highest BCUT2D eigenvalue weighted by Crippen LogP contribution is 2.34. The van der Waals surface area contributed by atoms with Gasteiger partial charge in [0.2, 0.25) is 0 Å². The largest absolute Gasteiger partial charge is 0.379 e. The van der Waals surface area contributed by atoms with Crippen LogP contribution in [0.1, 0.15) is 13.3 Å². The lowest BCUT2D eigenvalue weighted by atomic mass is 10.2. The standard InChI is InChI=1S/C14H24N4O2/c1-5-9-15-12-7-6-8-13(14(12)18(19)20)17(4)11-10-16(2)3/h6-8,15H,5,9-11H2,1-4H3. The van der Waals surface area contributed by atoms with Gasteiger partial charge < -0.3 is 15.1 Å². The summed E-state index contributed by atoms with van der Waals surface area (Å²) >= 11 is 0. The summed E-state index contributed by atoms with van der Waals surface area (Å²) < 4.78 is 0. The number of nitrogens with zero attached hydrogens (tertiary/aromatic N) is 3. The van der Waals surface area contributed by atoms with Crippen molar-refractivity contribution >= 4 is 17.1 Å². The van der Waals surface area contributed by atoms with Crippen LogP contribution < -0.4 is 10.2 Å². The first-order chi connectivity index (χ1) is 9.47. The maximum absolute atomic E-state index is 11.4. The van der Waals surface area contributed by atoms with Gasteiger partial charge in [-0.05, 0) is 32.6 Å². The maximum Gasteiger partial charge on any atom is 0.315 e. The fourth-order valence-corrected chi connectivity index (χ4v) is 1.90. The highest BCUT2D eigenvalue weighted by molar-refractivity contribution is 5.76. The molecule has 0 unspecified atom stereocenters. The Hall–Kier alpha value is -1.82. The number of hydrogen-bond donors (Lipinski definition) is 1. The molecule has 112 valence electrons. The summed E-state index contributed by atoms with van der Waals surface area (Å²) in [7, 11) is 5.86. The Balaban J connectivity index is 3.02. The predicted molar refractivity (Wildman–Crippen MR) is 83.7 cm³/mol. The second-order valence-electron chi connectivity index (χ2n) is 5.08. The summed E-state index contributed by atoms with van der Waals surface area (Å²) in [6.45, 7) is 4.35. The number of hydrogen-bond acceptors (Lipinski definition) is 5. The topological polar surface area (TPSA) is 61.6 Å². The first-order valence-corrected chi connectivity index (χ1v) is 6.84. The molecule has 0 aromatic heterocycles. The van der Waals surface area contributed by atoms with E-state index in [1.165, 1.54) is 0 Å². The van der Waals surface area contributed by atoms with Crippen molar-refractivity contribution in [3.8, 4) is 0 Å². The Morgan fingerprint density at radius 3 is 2.50 bits per heavy atom. The molecule has 0 aliphatic rings. The zero-order valence-corrected chi connectivity index (χ0v) is 12.7. The molecule has 0 saturated carbocycles. The van der Waals surface area contributed by atoms with Crippen LogP contribution in [0.5, 0.6) is 0 Å². The van der Waals surface area contributed by atoms with E-state index in [0.29, 0.717) is 11.4 Å². The van der Waals surface area contributed by atoms with Crippen molar-refractivity contribution in [1.82, 2.24) is 4.90 Å². The second-order valence-corrected chi connectivity index (χ2v) is 5.08. The minimum atomic E-state index is -0.306. The number of para-hydroxylation sites is 1. The van der Waals surface area contributed by atoms with Crippen molar-refractivity contribution in [2.24, 2.45) is 0 Å². The Bertz CT molecular complexity index is 449. The third kappa shape index (κ3) is 4.38. The van der Waals surface area contributed by atoms with Crippen molar-refractivity contribution < 1.29 is 4.92 Å². The van der Waals surface area contributed by atoms with Crippen LogP contribution in [-0.4, -0.2) is 50.6 Å². The Labute approximate surface area is 120 Å². The molecule has 0 saturated heterocycles. The van der Waals surface area contributed by atoms with Crippen LogP contribution in [0.2, 0.25) is 0 Å². The molecule has 0 atom stereocenters. The first-order valence-electron chi connectivity index (χ1n) is 6.84. The molecule has 1 aromatic rings. The van der Waals surface area contributed by atoms with E-state index in [0.717, 1.165) is 26.1 Å². The molecule has 0 bridgehead atoms. The first kappa shape index (κ1) is 16.2. The van der Waals surface area contributed by atoms with E-state index in [1.54, 1.807) is 12.1 Å². The number of benzene rings is 1. The molecular formula is C14H24N4O2. The molecular weight excluding hydrogens is 256 g/mol. The molecule has 1 rings (SSSR count). The maximum atomic E-state index is 11.4. The number of rotatable bonds is 8. The second kappa shape index (κ2) is 7.69. The van der Waals surface area contributed by atoms with Gasteiger partial charge in [0.25, 0.3) is 0 Å². The van der Waals surface area contributed by atoms with Gasteiger partial charge in [0.15, 0.2) is 0 Å². The fraction of sp³-hybridized carbons (Fsp3) is 0.571. The van der Waals surface area contributed by atoms with Gasteiger partial charge in [0, 0.05) is 26.7 Å². The number of nitro groups is 1. The van der Waals surface area contributed by atoms with Gasteiger partial charge in [-0.15, -0.1) is 0 Å². The zero-order valence-electron chi connectivity index (χ0n) is 12.7. The highest BCUT2D eigenvalue weighted by atomic mass is 16.6. The molecule has 1 N–H and O–H groups in total. The quantitative estimate of drug-likeness (QED) is 0.585. The molecule has 0 aliphatic heterocycles. The molecule has 20 heavy (non-hydrogen) atoms. The van der Waals surface area contributed by atoms with E-state index in [9.17, 15) is 10.1 Å². The molecule has 6 nitrogen and oxygen atoms in total. The fourth-order valence-electron chi connectivity index (χ4n) is 1.90. The van der Waals surface area contributed by atoms with Crippen LogP contribution >= 0.6 is 0 Å². The van der Waals surface area contributed by atoms with Gasteiger partial charge in [0.05, 0.1) is 4.92 Å². The van der Waals surface area contributed by atoms with E-state index in [2.05, 4.69) is 10.2 Å². The van der Waals surface area contributed by atoms with Crippen molar-refractivity contribution in [1.29, 1.82) is 0 Å². The molecule has 0 aliphatic carbocycles. The lowest BCUT2D eigenvalue weighted by molar-refractivity contribution is -0.383. The normalized spacial score (nSPS) is 10.7. The van der Waals surface area contributed by atoms with E-state index in [4.69, 9.17) is 0 Å². The molecule has 0 fully saturated rings. The minimum absolute atomic E-state index is 0.155. The molecule has 1 aromatic carbocycles. The van der Waals surface area contributed by atoms with Crippen LogP contribution in [0.3, 0.4) is 0 Å². The van der Waals surface area contributed by atoms with E-state index < -0.39 is 0 Å².